The van der Waals surface area contributed by atoms with Crippen LogP contribution >= 0.6 is 0 Å². The molecule has 0 atom stereocenters. The van der Waals surface area contributed by atoms with Crippen LogP contribution in [0.1, 0.15) is 23.6 Å². The average molecular weight is 777 g/mol. The minimum absolute atomic E-state index is 0.514. The minimum atomic E-state index is 0.514. The molecule has 1 aliphatic heterocycles. The number of para-hydroxylation sites is 4. The highest BCUT2D eigenvalue weighted by molar-refractivity contribution is 6.31. The summed E-state index contributed by atoms with van der Waals surface area (Å²) in [5.41, 5.74) is 23.4. The molecule has 60 heavy (non-hydrogen) atoms. The van der Waals surface area contributed by atoms with E-state index >= 15 is 0 Å². The van der Waals surface area contributed by atoms with Crippen LogP contribution in [0.15, 0.2) is 195 Å². The fourth-order valence-corrected chi connectivity index (χ4v) is 9.02. The lowest BCUT2D eigenvalue weighted by Crippen LogP contribution is -2.05. The highest BCUT2D eigenvalue weighted by Gasteiger charge is 2.20. The molecule has 9 aromatic carbocycles. The zero-order valence-electron chi connectivity index (χ0n) is 33.5. The molecule has 0 bridgehead atoms. The summed E-state index contributed by atoms with van der Waals surface area (Å²) in [6.45, 7) is 5.76. The summed E-state index contributed by atoms with van der Waals surface area (Å²) in [5, 5.41) is 10.1. The number of hydrogen-bond donors (Lipinski definition) is 2. The number of nitrogens with zero attached hydrogens (tertiary/aromatic N) is 2. The molecule has 0 spiro atoms. The lowest BCUT2D eigenvalue weighted by atomic mass is 9.96. The Balaban J connectivity index is 0.000000200. The number of ether oxygens (including phenoxy) is 1. The molecule has 5 heteroatoms. The summed E-state index contributed by atoms with van der Waals surface area (Å²) in [6, 6.07) is 64.5. The Kier molecular flexibility index (Phi) is 9.36. The van der Waals surface area contributed by atoms with Crippen molar-refractivity contribution in [3.63, 3.8) is 0 Å². The third kappa shape index (κ3) is 6.07. The van der Waals surface area contributed by atoms with Gasteiger partial charge in [0.05, 0.1) is 22.1 Å². The maximum absolute atomic E-state index is 6.08. The van der Waals surface area contributed by atoms with Gasteiger partial charge in [-0.3, -0.25) is 0 Å². The molecule has 0 saturated carbocycles. The van der Waals surface area contributed by atoms with Crippen molar-refractivity contribution in [2.75, 3.05) is 5.73 Å². The number of fused-ring (bicyclic) bond motifs is 13. The molecule has 12 rings (SSSR count). The first-order chi connectivity index (χ1) is 29.6. The number of benzene rings is 9. The molecule has 11 aromatic rings. The van der Waals surface area contributed by atoms with Crippen molar-refractivity contribution in [3.8, 4) is 22.9 Å². The van der Waals surface area contributed by atoms with E-state index in [1.807, 2.05) is 43.3 Å². The minimum Gasteiger partial charge on any atom is -0.457 e. The van der Waals surface area contributed by atoms with Crippen molar-refractivity contribution < 1.29 is 4.74 Å². The highest BCUT2D eigenvalue weighted by atomic mass is 16.5. The van der Waals surface area contributed by atoms with Crippen LogP contribution < -0.4 is 16.2 Å². The Morgan fingerprint density at radius 2 is 1.17 bits per heavy atom. The Labute approximate surface area is 349 Å². The van der Waals surface area contributed by atoms with Crippen LogP contribution in [0.25, 0.3) is 76.5 Å². The summed E-state index contributed by atoms with van der Waals surface area (Å²) in [6.07, 6.45) is 2.61. The molecule has 3 heterocycles. The number of rotatable bonds is 3. The quantitative estimate of drug-likeness (QED) is 0.107. The predicted octanol–water partition coefficient (Wildman–Crippen LogP) is 13.8. The molecule has 0 unspecified atom stereocenters. The van der Waals surface area contributed by atoms with Crippen LogP contribution in [0, 0.1) is 0 Å². The summed E-state index contributed by atoms with van der Waals surface area (Å²) in [7, 11) is 0. The molecule has 2 aromatic heterocycles. The van der Waals surface area contributed by atoms with Gasteiger partial charge in [0.15, 0.2) is 0 Å². The van der Waals surface area contributed by atoms with E-state index in [1.54, 1.807) is 6.08 Å². The largest absolute Gasteiger partial charge is 0.457 e. The lowest BCUT2D eigenvalue weighted by Gasteiger charge is -2.21. The van der Waals surface area contributed by atoms with Crippen LogP contribution in [0.5, 0.6) is 11.5 Å². The topological polar surface area (TPSA) is 71.1 Å². The van der Waals surface area contributed by atoms with Gasteiger partial charge in [0.1, 0.15) is 11.5 Å². The van der Waals surface area contributed by atoms with E-state index in [2.05, 4.69) is 161 Å². The third-order valence-corrected chi connectivity index (χ3v) is 11.6. The second-order valence-corrected chi connectivity index (χ2v) is 15.2. The van der Waals surface area contributed by atoms with E-state index in [4.69, 9.17) is 16.2 Å². The zero-order chi connectivity index (χ0) is 40.7. The van der Waals surface area contributed by atoms with Gasteiger partial charge in [-0.15, -0.1) is 6.58 Å². The average Bonchev–Trinajstić information content (AvgIpc) is 3.83. The molecule has 0 amide bonds. The number of hydrogen-bond acceptors (Lipinski definition) is 3. The van der Waals surface area contributed by atoms with E-state index in [0.717, 1.165) is 40.4 Å². The van der Waals surface area contributed by atoms with Crippen molar-refractivity contribution in [3.05, 3.63) is 211 Å². The van der Waals surface area contributed by atoms with Gasteiger partial charge in [0.2, 0.25) is 0 Å². The van der Waals surface area contributed by atoms with E-state index in [0.29, 0.717) is 6.54 Å². The molecule has 5 nitrogen and oxygen atoms in total. The highest BCUT2D eigenvalue weighted by Crippen LogP contribution is 2.44. The van der Waals surface area contributed by atoms with Crippen LogP contribution in [0.4, 0.5) is 5.69 Å². The summed E-state index contributed by atoms with van der Waals surface area (Å²) >= 11 is 0. The number of nitrogens with two attached hydrogens (primary N) is 2. The van der Waals surface area contributed by atoms with Gasteiger partial charge in [-0.05, 0) is 94.9 Å². The number of nitrogen functional groups attached to an aromatic ring is 1. The van der Waals surface area contributed by atoms with Crippen LogP contribution in [-0.2, 0) is 13.0 Å². The first-order valence-electron chi connectivity index (χ1n) is 20.4. The first kappa shape index (κ1) is 36.7. The van der Waals surface area contributed by atoms with Gasteiger partial charge in [-0.1, -0.05) is 127 Å². The van der Waals surface area contributed by atoms with E-state index in [1.165, 1.54) is 76.4 Å². The number of allylic oxidation sites excluding steroid dienone is 1. The van der Waals surface area contributed by atoms with E-state index < -0.39 is 0 Å². The molecular formula is C55H44N4O. The van der Waals surface area contributed by atoms with Crippen LogP contribution in [-0.4, -0.2) is 9.13 Å². The van der Waals surface area contributed by atoms with Gasteiger partial charge in [-0.25, -0.2) is 0 Å². The van der Waals surface area contributed by atoms with Crippen molar-refractivity contribution in [2.24, 2.45) is 5.73 Å². The normalized spacial score (nSPS) is 11.8. The molecule has 4 N–H and O–H groups in total. The fourth-order valence-electron chi connectivity index (χ4n) is 9.02. The van der Waals surface area contributed by atoms with Crippen molar-refractivity contribution in [2.45, 2.75) is 19.9 Å². The van der Waals surface area contributed by atoms with E-state index in [9.17, 15) is 0 Å². The Morgan fingerprint density at radius 3 is 1.98 bits per heavy atom. The number of aromatic nitrogens is 2. The summed E-state index contributed by atoms with van der Waals surface area (Å²) < 4.78 is 10.6. The molecule has 1 aliphatic rings. The van der Waals surface area contributed by atoms with Gasteiger partial charge in [-0.2, -0.15) is 0 Å². The predicted molar refractivity (Wildman–Crippen MR) is 254 cm³/mol. The first-order valence-corrected chi connectivity index (χ1v) is 20.4. The SMILES string of the molecule is C=CC.NCc1cccc(-n2c3ccccc3c3ccc4c(ccc5ccc6c(c7ccccc7n6-c6ccccc6)c54)c32)c1.Nc1cccc2c1Cc1ccccc1O2. The van der Waals surface area contributed by atoms with Gasteiger partial charge in [0, 0.05) is 62.5 Å². The van der Waals surface area contributed by atoms with Crippen molar-refractivity contribution >= 4 is 70.8 Å². The molecule has 0 aliphatic carbocycles. The van der Waals surface area contributed by atoms with Crippen molar-refractivity contribution in [1.29, 1.82) is 0 Å². The Hall–Kier alpha value is -7.60. The molecule has 0 saturated heterocycles. The van der Waals surface area contributed by atoms with Gasteiger partial charge < -0.3 is 25.3 Å². The molecule has 0 radical (unpaired) electrons. The van der Waals surface area contributed by atoms with Gasteiger partial charge in [0.25, 0.3) is 0 Å². The second kappa shape index (κ2) is 15.3. The second-order valence-electron chi connectivity index (χ2n) is 15.2. The van der Waals surface area contributed by atoms with Crippen LogP contribution in [0.3, 0.4) is 0 Å². The molecule has 290 valence electrons. The summed E-state index contributed by atoms with van der Waals surface area (Å²) in [5.74, 6) is 1.82. The molecular weight excluding hydrogens is 733 g/mol. The number of anilines is 1. The van der Waals surface area contributed by atoms with Gasteiger partial charge >= 0.3 is 0 Å². The Morgan fingerprint density at radius 1 is 0.550 bits per heavy atom. The standard InChI is InChI=1S/C39H27N3.C13H11NO.C3H6/c40-24-25-9-8-12-28(23-25)42-34-15-6-4-13-29(34)31-21-20-30-32(39(31)42)19-17-26-18-22-36-38(37(26)30)33-14-5-7-16-35(33)41(36)27-10-2-1-3-11-27;14-11-5-3-7-13-10(11)8-9-4-1-2-6-12(9)15-13;1-3-2/h1-23H,24,40H2;1-7H,8,14H2;3H,1H2,2H3. The maximum Gasteiger partial charge on any atom is 0.133 e. The maximum atomic E-state index is 6.08. The van der Waals surface area contributed by atoms with Crippen molar-refractivity contribution in [1.82, 2.24) is 9.13 Å². The Bertz CT molecular complexity index is 3410. The van der Waals surface area contributed by atoms with Crippen LogP contribution in [0.2, 0.25) is 0 Å². The fraction of sp³-hybridized carbons (Fsp3) is 0.0545. The monoisotopic (exact) mass is 776 g/mol. The summed E-state index contributed by atoms with van der Waals surface area (Å²) in [4.78, 5) is 0. The smallest absolute Gasteiger partial charge is 0.133 e. The lowest BCUT2D eigenvalue weighted by molar-refractivity contribution is 0.460. The van der Waals surface area contributed by atoms with E-state index in [-0.39, 0.29) is 0 Å². The third-order valence-electron chi connectivity index (χ3n) is 11.6. The molecule has 0 fully saturated rings. The zero-order valence-corrected chi connectivity index (χ0v) is 33.5.